The molecule has 3 aliphatic rings. The van der Waals surface area contributed by atoms with E-state index in [1.54, 1.807) is 0 Å². The molecule has 5 atom stereocenters. The standard InChI is InChI=1S/C55H73N4O5.Mg/c1-13-39-35(8)42-28-44-37(10)41(24-25-48(60)64-27-26-34(7)23-17-22-33(6)21-16-20-32(5)19-15-18-31(3)4)52(58-44)50-51(55(62)63-12)54(61)49-38(11)45(59-53(49)50)30-47-40(14-2)36(9)43(57-47)29-46(39)56-42;/h13,26,28-33,37,41,51H,1,14-25,27H2,2-12H3,(H-,58,59,61);/q-3;+2/p-1/b34-26-,43-29-,44-28-,47-30-;/t32-,33-,37+,41+,51-;/m1./s1. The number of fused-ring (bicyclic) bond motifs is 7. The zero-order valence-corrected chi connectivity index (χ0v) is 42.7. The third-order valence-electron chi connectivity index (χ3n) is 14.2. The van der Waals surface area contributed by atoms with E-state index in [1.807, 2.05) is 44.2 Å². The fourth-order valence-electron chi connectivity index (χ4n) is 10.1. The molecule has 8 bridgehead atoms. The minimum Gasteiger partial charge on any atom is -0.664 e. The molecule has 3 aromatic rings. The molecule has 1 saturated heterocycles. The molecule has 10 heteroatoms. The van der Waals surface area contributed by atoms with Crippen LogP contribution < -0.4 is 25.7 Å². The number of carbonyl (C=O) groups is 3. The largest absolute Gasteiger partial charge is 2.00 e. The molecule has 3 aromatic heterocycles. The van der Waals surface area contributed by atoms with Crippen molar-refractivity contribution in [3.05, 3.63) is 102 Å². The van der Waals surface area contributed by atoms with Crippen LogP contribution in [0, 0.1) is 56.3 Å². The second-order valence-electron chi connectivity index (χ2n) is 19.4. The predicted octanol–water partition coefficient (Wildman–Crippen LogP) is 10.4. The number of ether oxygens (including phenoxy) is 2. The van der Waals surface area contributed by atoms with Gasteiger partial charge < -0.3 is 29.7 Å². The molecule has 0 aromatic carbocycles. The number of hydrogen-bond donors (Lipinski definition) is 0. The van der Waals surface area contributed by atoms with Gasteiger partial charge in [-0.1, -0.05) is 151 Å². The second-order valence-corrected chi connectivity index (χ2v) is 19.4. The Morgan fingerprint density at radius 1 is 0.831 bits per heavy atom. The van der Waals surface area contributed by atoms with Crippen LogP contribution in [0.5, 0.6) is 0 Å². The topological polar surface area (TPSA) is 126 Å². The first-order valence-corrected chi connectivity index (χ1v) is 24.0. The Labute approximate surface area is 404 Å². The van der Waals surface area contributed by atoms with Crippen molar-refractivity contribution in [3.63, 3.8) is 0 Å². The SMILES string of the molecule is C=Cc1c2[n-]c(c1C)/C=C1\[N-]/C(=C3\c4[n-]c(c(C)c4C(=O)[C@@H]3C(=O)OC)/C=c3\[n-]/c(c(C)c3CC)=C\2)[C@@H](CCC(=O)OC/C=C(/C)CCC[C@H](C)CCC[C@H](C)CCCC(C)C)[C@@H]1C.[Mg+2]. The molecule has 1 fully saturated rings. The fraction of sp³-hybridized carbons (Fsp3) is 0.545. The first-order chi connectivity index (χ1) is 30.6. The van der Waals surface area contributed by atoms with E-state index in [0.717, 1.165) is 81.1 Å². The van der Waals surface area contributed by atoms with Crippen molar-refractivity contribution >= 4 is 70.7 Å². The Kier molecular flexibility index (Phi) is 18.3. The van der Waals surface area contributed by atoms with Gasteiger partial charge in [-0.05, 0) is 94.6 Å². The third kappa shape index (κ3) is 11.6. The summed E-state index contributed by atoms with van der Waals surface area (Å²) >= 11 is 0. The molecule has 0 unspecified atom stereocenters. The molecule has 2 aliphatic heterocycles. The third-order valence-corrected chi connectivity index (χ3v) is 14.2. The van der Waals surface area contributed by atoms with Crippen molar-refractivity contribution in [2.45, 2.75) is 146 Å². The summed E-state index contributed by atoms with van der Waals surface area (Å²) in [6.07, 6.45) is 22.4. The summed E-state index contributed by atoms with van der Waals surface area (Å²) in [5.41, 5.74) is 10.7. The van der Waals surface area contributed by atoms with Gasteiger partial charge in [-0.2, -0.15) is 11.4 Å². The number of allylic oxidation sites excluding steroid dienone is 3. The average molecular weight is 894 g/mol. The zero-order chi connectivity index (χ0) is 46.4. The number of aromatic nitrogens is 3. The quantitative estimate of drug-likeness (QED) is 0.0475. The van der Waals surface area contributed by atoms with Gasteiger partial charge in [0.1, 0.15) is 12.5 Å². The summed E-state index contributed by atoms with van der Waals surface area (Å²) in [7, 11) is 1.30. The first-order valence-electron chi connectivity index (χ1n) is 24.0. The maximum Gasteiger partial charge on any atom is 2.00 e. The number of Topliss-reactive ketones (excluding diaryl/α,β-unsaturated/α-hetero) is 1. The van der Waals surface area contributed by atoms with Crippen LogP contribution in [-0.2, 0) is 25.5 Å². The van der Waals surface area contributed by atoms with Crippen LogP contribution in [-0.4, -0.2) is 54.5 Å². The van der Waals surface area contributed by atoms with Crippen LogP contribution in [0.15, 0.2) is 29.6 Å². The number of esters is 2. The van der Waals surface area contributed by atoms with Gasteiger partial charge in [0, 0.05) is 12.0 Å². The van der Waals surface area contributed by atoms with E-state index in [1.165, 1.54) is 57.6 Å². The van der Waals surface area contributed by atoms with E-state index in [0.29, 0.717) is 46.1 Å². The Hall–Kier alpha value is -4.28. The van der Waals surface area contributed by atoms with Crippen molar-refractivity contribution in [2.24, 2.45) is 35.5 Å². The minimum atomic E-state index is -1.22. The number of ketones is 1. The van der Waals surface area contributed by atoms with Crippen molar-refractivity contribution < 1.29 is 23.9 Å². The molecule has 0 radical (unpaired) electrons. The van der Waals surface area contributed by atoms with Crippen LogP contribution in [0.25, 0.3) is 35.2 Å². The van der Waals surface area contributed by atoms with Crippen LogP contribution in [0.4, 0.5) is 0 Å². The van der Waals surface area contributed by atoms with Gasteiger partial charge in [-0.3, -0.25) is 14.4 Å². The van der Waals surface area contributed by atoms with E-state index >= 15 is 0 Å². The van der Waals surface area contributed by atoms with Crippen LogP contribution >= 0.6 is 0 Å². The second kappa shape index (κ2) is 22.9. The van der Waals surface area contributed by atoms with E-state index in [2.05, 4.69) is 62.0 Å². The van der Waals surface area contributed by atoms with Crippen LogP contribution in [0.1, 0.15) is 180 Å². The number of rotatable bonds is 20. The molecule has 1 aliphatic carbocycles. The van der Waals surface area contributed by atoms with Crippen molar-refractivity contribution in [2.75, 3.05) is 13.7 Å². The Morgan fingerprint density at radius 3 is 2.12 bits per heavy atom. The van der Waals surface area contributed by atoms with Gasteiger partial charge in [0.2, 0.25) is 0 Å². The molecule has 6 rings (SSSR count). The summed E-state index contributed by atoms with van der Waals surface area (Å²) in [5, 5.41) is 6.83. The Bertz CT molecular complexity index is 2450. The van der Waals surface area contributed by atoms with Crippen LogP contribution in [0.3, 0.4) is 0 Å². The van der Waals surface area contributed by atoms with Crippen molar-refractivity contribution in [1.82, 2.24) is 15.0 Å². The van der Waals surface area contributed by atoms with Crippen molar-refractivity contribution in [1.29, 1.82) is 0 Å². The van der Waals surface area contributed by atoms with E-state index in [4.69, 9.17) is 29.7 Å². The van der Waals surface area contributed by atoms with Gasteiger partial charge in [-0.25, -0.2) is 0 Å². The summed E-state index contributed by atoms with van der Waals surface area (Å²) in [5.74, 6) is -0.711. The molecule has 65 heavy (non-hydrogen) atoms. The predicted molar refractivity (Wildman–Crippen MR) is 265 cm³/mol. The summed E-state index contributed by atoms with van der Waals surface area (Å²) in [6.45, 7) is 26.0. The zero-order valence-electron chi connectivity index (χ0n) is 41.3. The Morgan fingerprint density at radius 2 is 1.48 bits per heavy atom. The van der Waals surface area contributed by atoms with Crippen LogP contribution in [0.2, 0.25) is 0 Å². The maximum atomic E-state index is 14.4. The van der Waals surface area contributed by atoms with Gasteiger partial charge in [-0.15, -0.1) is 33.5 Å². The van der Waals surface area contributed by atoms with E-state index in [-0.39, 0.29) is 59.7 Å². The summed E-state index contributed by atoms with van der Waals surface area (Å²) in [4.78, 5) is 56.6. The molecule has 0 N–H and O–H groups in total. The smallest absolute Gasteiger partial charge is 0.664 e. The summed E-state index contributed by atoms with van der Waals surface area (Å²) < 4.78 is 11.0. The maximum absolute atomic E-state index is 14.4. The normalized spacial score (nSPS) is 21.7. The van der Waals surface area contributed by atoms with Gasteiger partial charge >= 0.3 is 35.0 Å². The molecular formula is C55H72MgN4O5-2. The molecule has 5 heterocycles. The van der Waals surface area contributed by atoms with E-state index < -0.39 is 11.9 Å². The van der Waals surface area contributed by atoms with E-state index in [9.17, 15) is 14.4 Å². The van der Waals surface area contributed by atoms with Gasteiger partial charge in [0.25, 0.3) is 0 Å². The number of carbonyl (C=O) groups excluding carboxylic acids is 3. The summed E-state index contributed by atoms with van der Waals surface area (Å²) in [6, 6.07) is 0. The molecule has 9 nitrogen and oxygen atoms in total. The van der Waals surface area contributed by atoms with Crippen molar-refractivity contribution in [3.8, 4) is 0 Å². The molecule has 0 spiro atoms. The fourth-order valence-corrected chi connectivity index (χ4v) is 10.1. The number of nitrogens with zero attached hydrogens (tertiary/aromatic N) is 4. The molecule has 346 valence electrons. The molecule has 0 amide bonds. The van der Waals surface area contributed by atoms with Gasteiger partial charge in [0.15, 0.2) is 5.78 Å². The van der Waals surface area contributed by atoms with Gasteiger partial charge in [0.05, 0.1) is 7.11 Å². The minimum absolute atomic E-state index is 0. The molecule has 0 saturated carbocycles. The monoisotopic (exact) mass is 893 g/mol. The first kappa shape index (κ1) is 51.7. The number of hydrogen-bond acceptors (Lipinski definition) is 5. The number of methoxy groups -OCH3 is 1. The molecular weight excluding hydrogens is 821 g/mol. The Balaban J connectivity index is 0.00000793. The average Bonchev–Trinajstić information content (AvgIpc) is 3.99.